The quantitative estimate of drug-likeness (QED) is 0.474. The van der Waals surface area contributed by atoms with Crippen LogP contribution in [-0.2, 0) is 16.0 Å². The number of hydrogen-bond acceptors (Lipinski definition) is 5. The fourth-order valence-corrected chi connectivity index (χ4v) is 2.78. The van der Waals surface area contributed by atoms with Gasteiger partial charge < -0.3 is 10.1 Å². The summed E-state index contributed by atoms with van der Waals surface area (Å²) >= 11 is 6.09. The second kappa shape index (κ2) is 8.44. The minimum Gasteiger partial charge on any atom is -0.467 e. The van der Waals surface area contributed by atoms with Crippen molar-refractivity contribution in [2.45, 2.75) is 19.4 Å². The zero-order valence-electron chi connectivity index (χ0n) is 14.2. The van der Waals surface area contributed by atoms with Crippen LogP contribution in [-0.4, -0.2) is 30.0 Å². The van der Waals surface area contributed by atoms with Crippen LogP contribution in [0, 0.1) is 17.0 Å². The van der Waals surface area contributed by atoms with E-state index in [2.05, 4.69) is 5.32 Å². The van der Waals surface area contributed by atoms with Crippen LogP contribution in [0.15, 0.2) is 42.5 Å². The minimum absolute atomic E-state index is 0.0564. The molecular formula is C18H17ClN2O5. The summed E-state index contributed by atoms with van der Waals surface area (Å²) in [5.74, 6) is -1.12. The Labute approximate surface area is 155 Å². The number of carbonyl (C=O) groups excluding carboxylic acids is 2. The summed E-state index contributed by atoms with van der Waals surface area (Å²) in [6.45, 7) is 1.74. The van der Waals surface area contributed by atoms with E-state index in [1.54, 1.807) is 25.1 Å². The topological polar surface area (TPSA) is 98.5 Å². The smallest absolute Gasteiger partial charge is 0.328 e. The van der Waals surface area contributed by atoms with Crippen molar-refractivity contribution in [2.75, 3.05) is 7.11 Å². The average Bonchev–Trinajstić information content (AvgIpc) is 2.60. The molecule has 8 heteroatoms. The number of benzene rings is 2. The van der Waals surface area contributed by atoms with Gasteiger partial charge in [-0.1, -0.05) is 35.9 Å². The molecule has 2 rings (SSSR count). The molecule has 1 atom stereocenters. The van der Waals surface area contributed by atoms with Crippen LogP contribution in [0.2, 0.25) is 5.02 Å². The molecule has 0 heterocycles. The zero-order chi connectivity index (χ0) is 19.3. The predicted molar refractivity (Wildman–Crippen MR) is 96.3 cm³/mol. The van der Waals surface area contributed by atoms with Crippen molar-refractivity contribution in [2.24, 2.45) is 0 Å². The number of halogens is 1. The second-order valence-electron chi connectivity index (χ2n) is 5.61. The third-order valence-corrected chi connectivity index (χ3v) is 4.14. The number of amides is 1. The van der Waals surface area contributed by atoms with Gasteiger partial charge in [-0.3, -0.25) is 14.9 Å². The van der Waals surface area contributed by atoms with Crippen molar-refractivity contribution in [3.8, 4) is 0 Å². The van der Waals surface area contributed by atoms with Gasteiger partial charge in [-0.25, -0.2) is 4.79 Å². The van der Waals surface area contributed by atoms with Gasteiger partial charge >= 0.3 is 5.97 Å². The lowest BCUT2D eigenvalue weighted by Crippen LogP contribution is -2.43. The predicted octanol–water partition coefficient (Wildman–Crippen LogP) is 3.07. The molecule has 7 nitrogen and oxygen atoms in total. The lowest BCUT2D eigenvalue weighted by molar-refractivity contribution is -0.384. The summed E-state index contributed by atoms with van der Waals surface area (Å²) in [5.41, 5.74) is 1.54. The monoisotopic (exact) mass is 376 g/mol. The highest BCUT2D eigenvalue weighted by Gasteiger charge is 2.24. The third kappa shape index (κ3) is 4.58. The summed E-state index contributed by atoms with van der Waals surface area (Å²) in [4.78, 5) is 34.8. The van der Waals surface area contributed by atoms with Crippen LogP contribution < -0.4 is 5.32 Å². The first-order chi connectivity index (χ1) is 12.3. The van der Waals surface area contributed by atoms with E-state index in [0.717, 1.165) is 0 Å². The van der Waals surface area contributed by atoms with Crippen LogP contribution >= 0.6 is 11.6 Å². The number of nitro benzene ring substituents is 1. The second-order valence-corrected chi connectivity index (χ2v) is 6.02. The van der Waals surface area contributed by atoms with E-state index in [-0.39, 0.29) is 22.7 Å². The van der Waals surface area contributed by atoms with Crippen LogP contribution in [0.25, 0.3) is 0 Å². The normalized spacial score (nSPS) is 11.5. The first kappa shape index (κ1) is 19.4. The molecule has 0 aliphatic rings. The van der Waals surface area contributed by atoms with E-state index in [1.165, 1.54) is 31.4 Å². The number of rotatable bonds is 6. The molecule has 2 aromatic carbocycles. The number of methoxy groups -OCH3 is 1. The number of aryl methyl sites for hydroxylation is 1. The van der Waals surface area contributed by atoms with Crippen LogP contribution in [0.5, 0.6) is 0 Å². The van der Waals surface area contributed by atoms with Gasteiger partial charge in [0.25, 0.3) is 11.6 Å². The Morgan fingerprint density at radius 3 is 2.42 bits per heavy atom. The number of esters is 1. The SMILES string of the molecule is COC(=O)C(Cc1ccc([N+](=O)[O-])cc1)NC(=O)c1c(C)cccc1Cl. The van der Waals surface area contributed by atoms with E-state index in [9.17, 15) is 19.7 Å². The highest BCUT2D eigenvalue weighted by molar-refractivity contribution is 6.34. The van der Waals surface area contributed by atoms with E-state index >= 15 is 0 Å². The molecule has 1 unspecified atom stereocenters. The molecule has 1 amide bonds. The molecule has 0 saturated carbocycles. The van der Waals surface area contributed by atoms with E-state index in [0.29, 0.717) is 11.1 Å². The number of ether oxygens (including phenoxy) is 1. The molecule has 0 aliphatic heterocycles. The summed E-state index contributed by atoms with van der Waals surface area (Å²) < 4.78 is 4.75. The van der Waals surface area contributed by atoms with Gasteiger partial charge in [0, 0.05) is 18.6 Å². The van der Waals surface area contributed by atoms with Gasteiger partial charge in [0.1, 0.15) is 6.04 Å². The molecule has 1 N–H and O–H groups in total. The van der Waals surface area contributed by atoms with Crippen LogP contribution in [0.3, 0.4) is 0 Å². The third-order valence-electron chi connectivity index (χ3n) is 3.83. The molecule has 0 aliphatic carbocycles. The number of non-ortho nitro benzene ring substituents is 1. The van der Waals surface area contributed by atoms with Crippen molar-refractivity contribution in [1.82, 2.24) is 5.32 Å². The zero-order valence-corrected chi connectivity index (χ0v) is 14.9. The minimum atomic E-state index is -0.954. The maximum absolute atomic E-state index is 12.6. The number of nitrogens with zero attached hydrogens (tertiary/aromatic N) is 1. The van der Waals surface area contributed by atoms with Crippen LogP contribution in [0.4, 0.5) is 5.69 Å². The van der Waals surface area contributed by atoms with Crippen LogP contribution in [0.1, 0.15) is 21.5 Å². The Morgan fingerprint density at radius 2 is 1.88 bits per heavy atom. The fraction of sp³-hybridized carbons (Fsp3) is 0.222. The summed E-state index contributed by atoms with van der Waals surface area (Å²) in [5, 5.41) is 13.6. The number of hydrogen-bond donors (Lipinski definition) is 1. The van der Waals surface area contributed by atoms with Gasteiger partial charge in [-0.05, 0) is 24.1 Å². The lowest BCUT2D eigenvalue weighted by Gasteiger charge is -2.18. The Kier molecular flexibility index (Phi) is 6.30. The van der Waals surface area contributed by atoms with Gasteiger partial charge in [-0.2, -0.15) is 0 Å². The molecule has 2 aromatic rings. The Bertz CT molecular complexity index is 816. The largest absolute Gasteiger partial charge is 0.467 e. The fourth-order valence-electron chi connectivity index (χ4n) is 2.47. The van der Waals surface area contributed by atoms with Crippen molar-refractivity contribution < 1.29 is 19.2 Å². The van der Waals surface area contributed by atoms with Crippen molar-refractivity contribution in [3.05, 3.63) is 74.3 Å². The van der Waals surface area contributed by atoms with Gasteiger partial charge in [0.2, 0.25) is 0 Å². The number of carbonyl (C=O) groups is 2. The van der Waals surface area contributed by atoms with Gasteiger partial charge in [0.05, 0.1) is 22.6 Å². The number of nitrogens with one attached hydrogen (secondary N) is 1. The highest BCUT2D eigenvalue weighted by Crippen LogP contribution is 2.20. The average molecular weight is 377 g/mol. The molecule has 0 bridgehead atoms. The van der Waals surface area contributed by atoms with E-state index in [1.807, 2.05) is 0 Å². The molecule has 26 heavy (non-hydrogen) atoms. The van der Waals surface area contributed by atoms with E-state index < -0.39 is 22.8 Å². The van der Waals surface area contributed by atoms with Gasteiger partial charge in [0.15, 0.2) is 0 Å². The summed E-state index contributed by atoms with van der Waals surface area (Å²) in [6.07, 6.45) is 0.125. The maximum atomic E-state index is 12.6. The van der Waals surface area contributed by atoms with Crippen molar-refractivity contribution in [3.63, 3.8) is 0 Å². The molecular weight excluding hydrogens is 360 g/mol. The first-order valence-electron chi connectivity index (χ1n) is 7.70. The molecule has 136 valence electrons. The first-order valence-corrected chi connectivity index (χ1v) is 8.08. The Hall–Kier alpha value is -2.93. The summed E-state index contributed by atoms with van der Waals surface area (Å²) in [6, 6.07) is 9.83. The Morgan fingerprint density at radius 1 is 1.23 bits per heavy atom. The summed E-state index contributed by atoms with van der Waals surface area (Å²) in [7, 11) is 1.22. The number of nitro groups is 1. The highest BCUT2D eigenvalue weighted by atomic mass is 35.5. The molecule has 0 aromatic heterocycles. The van der Waals surface area contributed by atoms with E-state index in [4.69, 9.17) is 16.3 Å². The van der Waals surface area contributed by atoms with Gasteiger partial charge in [-0.15, -0.1) is 0 Å². The molecule has 0 radical (unpaired) electrons. The van der Waals surface area contributed by atoms with Crippen molar-refractivity contribution in [1.29, 1.82) is 0 Å². The van der Waals surface area contributed by atoms with Crippen molar-refractivity contribution >= 4 is 29.2 Å². The standard InChI is InChI=1S/C18H17ClN2O5/c1-11-4-3-5-14(19)16(11)17(22)20-15(18(23)26-2)10-12-6-8-13(9-7-12)21(24)25/h3-9,15H,10H2,1-2H3,(H,20,22). The molecule has 0 fully saturated rings. The Balaban J connectivity index is 2.21. The molecule has 0 saturated heterocycles. The maximum Gasteiger partial charge on any atom is 0.328 e. The lowest BCUT2D eigenvalue weighted by atomic mass is 10.0. The molecule has 0 spiro atoms.